The van der Waals surface area contributed by atoms with Crippen molar-refractivity contribution in [3.63, 3.8) is 0 Å². The predicted molar refractivity (Wildman–Crippen MR) is 41.1 cm³/mol. The van der Waals surface area contributed by atoms with Gasteiger partial charge in [-0.15, -0.1) is 0 Å². The normalized spacial score (nSPS) is 34.2. The van der Waals surface area contributed by atoms with Crippen molar-refractivity contribution in [1.82, 2.24) is 0 Å². The molecule has 3 nitrogen and oxygen atoms in total. The van der Waals surface area contributed by atoms with Gasteiger partial charge in [-0.1, -0.05) is 0 Å². The number of esters is 1. The van der Waals surface area contributed by atoms with Crippen LogP contribution in [0, 0.1) is 5.41 Å². The number of ether oxygens (including phenoxy) is 1. The van der Waals surface area contributed by atoms with Crippen LogP contribution in [0.1, 0.15) is 26.2 Å². The minimum absolute atomic E-state index is 0.130. The van der Waals surface area contributed by atoms with Crippen LogP contribution in [0.5, 0.6) is 0 Å². The number of rotatable bonds is 0. The first-order valence-corrected chi connectivity index (χ1v) is 4.07. The van der Waals surface area contributed by atoms with Crippen molar-refractivity contribution in [3.8, 4) is 0 Å². The van der Waals surface area contributed by atoms with Crippen LogP contribution in [0.3, 0.4) is 0 Å². The fourth-order valence-electron chi connectivity index (χ4n) is 1.76. The maximum Gasteiger partial charge on any atom is 0.312 e. The second-order valence-corrected chi connectivity index (χ2v) is 3.51. The molecule has 0 aromatic carbocycles. The van der Waals surface area contributed by atoms with Gasteiger partial charge in [0.25, 0.3) is 0 Å². The molecule has 0 bridgehead atoms. The molecule has 1 saturated heterocycles. The molecule has 0 saturated carbocycles. The Labute approximate surface area is 70.4 Å². The Hall–Kier alpha value is -1.12. The maximum atomic E-state index is 11.5. The van der Waals surface area contributed by atoms with E-state index in [4.69, 9.17) is 4.74 Å². The number of fused-ring (bicyclic) bond motifs is 1. The molecule has 1 atom stereocenters. The SMILES string of the molecule is CC12CC(=O)OC1=CCCC2=O. The van der Waals surface area contributed by atoms with Gasteiger partial charge in [-0.3, -0.25) is 9.59 Å². The molecule has 1 aliphatic heterocycles. The molecule has 2 aliphatic rings. The first kappa shape index (κ1) is 7.53. The van der Waals surface area contributed by atoms with Gasteiger partial charge in [0, 0.05) is 6.42 Å². The molecule has 1 fully saturated rings. The lowest BCUT2D eigenvalue weighted by molar-refractivity contribution is -0.136. The van der Waals surface area contributed by atoms with E-state index < -0.39 is 5.41 Å². The summed E-state index contributed by atoms with van der Waals surface area (Å²) in [6, 6.07) is 0. The fourth-order valence-corrected chi connectivity index (χ4v) is 1.76. The average molecular weight is 166 g/mol. The van der Waals surface area contributed by atoms with E-state index in [9.17, 15) is 9.59 Å². The van der Waals surface area contributed by atoms with Crippen LogP contribution >= 0.6 is 0 Å². The molecule has 0 N–H and O–H groups in total. The highest BCUT2D eigenvalue weighted by Crippen LogP contribution is 2.43. The van der Waals surface area contributed by atoms with Gasteiger partial charge >= 0.3 is 5.97 Å². The van der Waals surface area contributed by atoms with E-state index in [1.54, 1.807) is 6.92 Å². The third-order valence-corrected chi connectivity index (χ3v) is 2.58. The van der Waals surface area contributed by atoms with E-state index in [1.165, 1.54) is 0 Å². The molecule has 2 rings (SSSR count). The number of ketones is 1. The topological polar surface area (TPSA) is 43.4 Å². The number of allylic oxidation sites excluding steroid dienone is 2. The van der Waals surface area contributed by atoms with E-state index in [0.717, 1.165) is 0 Å². The summed E-state index contributed by atoms with van der Waals surface area (Å²) in [4.78, 5) is 22.4. The lowest BCUT2D eigenvalue weighted by Gasteiger charge is -2.23. The van der Waals surface area contributed by atoms with E-state index in [-0.39, 0.29) is 18.2 Å². The third kappa shape index (κ3) is 0.823. The molecule has 0 amide bonds. The first-order valence-electron chi connectivity index (χ1n) is 4.07. The second-order valence-electron chi connectivity index (χ2n) is 3.51. The van der Waals surface area contributed by atoms with Gasteiger partial charge in [0.05, 0.1) is 11.8 Å². The molecule has 3 heteroatoms. The molecular weight excluding hydrogens is 156 g/mol. The van der Waals surface area contributed by atoms with Crippen molar-refractivity contribution in [2.24, 2.45) is 5.41 Å². The Morgan fingerprint density at radius 2 is 2.25 bits per heavy atom. The molecule has 0 aromatic heterocycles. The third-order valence-electron chi connectivity index (χ3n) is 2.58. The smallest absolute Gasteiger partial charge is 0.312 e. The summed E-state index contributed by atoms with van der Waals surface area (Å²) in [6.45, 7) is 1.78. The van der Waals surface area contributed by atoms with E-state index in [2.05, 4.69) is 0 Å². The van der Waals surface area contributed by atoms with Crippen molar-refractivity contribution >= 4 is 11.8 Å². The summed E-state index contributed by atoms with van der Waals surface area (Å²) in [6.07, 6.45) is 3.32. The second kappa shape index (κ2) is 2.19. The Morgan fingerprint density at radius 1 is 1.50 bits per heavy atom. The highest BCUT2D eigenvalue weighted by Gasteiger charge is 2.48. The monoisotopic (exact) mass is 166 g/mol. The van der Waals surface area contributed by atoms with Crippen LogP contribution in [-0.4, -0.2) is 11.8 Å². The Bertz CT molecular complexity index is 290. The zero-order chi connectivity index (χ0) is 8.77. The summed E-state index contributed by atoms with van der Waals surface area (Å²) >= 11 is 0. The largest absolute Gasteiger partial charge is 0.430 e. The van der Waals surface area contributed by atoms with Gasteiger partial charge in [0.1, 0.15) is 11.5 Å². The van der Waals surface area contributed by atoms with Crippen LogP contribution < -0.4 is 0 Å². The van der Waals surface area contributed by atoms with Crippen LogP contribution in [0.4, 0.5) is 0 Å². The highest BCUT2D eigenvalue weighted by molar-refractivity contribution is 5.95. The molecular formula is C9H10O3. The predicted octanol–water partition coefficient (Wildman–Crippen LogP) is 1.19. The molecule has 0 radical (unpaired) electrons. The molecule has 64 valence electrons. The first-order chi connectivity index (χ1) is 5.63. The van der Waals surface area contributed by atoms with Gasteiger partial charge in [0.2, 0.25) is 0 Å². The minimum Gasteiger partial charge on any atom is -0.430 e. The van der Waals surface area contributed by atoms with Crippen molar-refractivity contribution in [3.05, 3.63) is 11.8 Å². The zero-order valence-corrected chi connectivity index (χ0v) is 6.92. The summed E-state index contributed by atoms with van der Waals surface area (Å²) in [5.41, 5.74) is -0.630. The van der Waals surface area contributed by atoms with Gasteiger partial charge < -0.3 is 4.74 Å². The van der Waals surface area contributed by atoms with E-state index in [1.807, 2.05) is 6.08 Å². The highest BCUT2D eigenvalue weighted by atomic mass is 16.5. The van der Waals surface area contributed by atoms with Crippen molar-refractivity contribution in [1.29, 1.82) is 0 Å². The van der Waals surface area contributed by atoms with Crippen molar-refractivity contribution in [2.45, 2.75) is 26.2 Å². The van der Waals surface area contributed by atoms with E-state index in [0.29, 0.717) is 18.6 Å². The van der Waals surface area contributed by atoms with Gasteiger partial charge in [-0.2, -0.15) is 0 Å². The summed E-state index contributed by atoms with van der Waals surface area (Å²) < 4.78 is 4.94. The zero-order valence-electron chi connectivity index (χ0n) is 6.92. The van der Waals surface area contributed by atoms with Crippen molar-refractivity contribution < 1.29 is 14.3 Å². The lowest BCUT2D eigenvalue weighted by atomic mass is 9.77. The summed E-state index contributed by atoms with van der Waals surface area (Å²) in [5, 5.41) is 0. The number of carbonyl (C=O) groups is 2. The van der Waals surface area contributed by atoms with E-state index >= 15 is 0 Å². The number of carbonyl (C=O) groups excluding carboxylic acids is 2. The standard InChI is InChI=1S/C9H10O3/c1-9-5-8(11)12-7(9)4-2-3-6(9)10/h4H,2-3,5H2,1H3. The van der Waals surface area contributed by atoms with Crippen molar-refractivity contribution in [2.75, 3.05) is 0 Å². The summed E-state index contributed by atoms with van der Waals surface area (Å²) in [5.74, 6) is 0.425. The lowest BCUT2D eigenvalue weighted by Crippen LogP contribution is -2.29. The Morgan fingerprint density at radius 3 is 2.92 bits per heavy atom. The fraction of sp³-hybridized carbons (Fsp3) is 0.556. The van der Waals surface area contributed by atoms with Crippen LogP contribution in [0.2, 0.25) is 0 Å². The number of Topliss-reactive ketones (excluding diaryl/α,β-unsaturated/α-hetero) is 1. The summed E-state index contributed by atoms with van der Waals surface area (Å²) in [7, 11) is 0. The number of hydrogen-bond donors (Lipinski definition) is 0. The molecule has 0 aromatic rings. The number of hydrogen-bond acceptors (Lipinski definition) is 3. The molecule has 0 spiro atoms. The van der Waals surface area contributed by atoms with Gasteiger partial charge in [-0.25, -0.2) is 0 Å². The maximum absolute atomic E-state index is 11.5. The average Bonchev–Trinajstić information content (AvgIpc) is 2.27. The van der Waals surface area contributed by atoms with Crippen LogP contribution in [-0.2, 0) is 14.3 Å². The molecule has 1 unspecified atom stereocenters. The van der Waals surface area contributed by atoms with Crippen LogP contribution in [0.15, 0.2) is 11.8 Å². The van der Waals surface area contributed by atoms with Gasteiger partial charge in [-0.05, 0) is 19.4 Å². The molecule has 1 aliphatic carbocycles. The minimum atomic E-state index is -0.630. The molecule has 12 heavy (non-hydrogen) atoms. The Balaban J connectivity index is 2.44. The van der Waals surface area contributed by atoms with Crippen LogP contribution in [0.25, 0.3) is 0 Å². The Kier molecular flexibility index (Phi) is 1.37. The molecule has 1 heterocycles. The quantitative estimate of drug-likeness (QED) is 0.507. The van der Waals surface area contributed by atoms with Gasteiger partial charge in [0.15, 0.2) is 0 Å².